The average molecular weight is 296 g/mol. The molecule has 6 heteroatoms. The second-order valence-corrected chi connectivity index (χ2v) is 6.39. The standard InChI is InChI=1S/C15H28N4O2/c1-17(2)15(21)12-19-9-7-18(8-10-19)11-14(20)16-13-5-3-4-6-13/h13H,3-12H2,1-2H3,(H,16,20). The maximum atomic E-state index is 12.0. The summed E-state index contributed by atoms with van der Waals surface area (Å²) in [6, 6.07) is 0.400. The Bertz CT molecular complexity index is 359. The van der Waals surface area contributed by atoms with Gasteiger partial charge in [0.25, 0.3) is 0 Å². The van der Waals surface area contributed by atoms with Gasteiger partial charge in [-0.25, -0.2) is 0 Å². The van der Waals surface area contributed by atoms with Crippen LogP contribution in [0, 0.1) is 0 Å². The zero-order chi connectivity index (χ0) is 15.2. The van der Waals surface area contributed by atoms with E-state index in [-0.39, 0.29) is 11.8 Å². The lowest BCUT2D eigenvalue weighted by Gasteiger charge is -2.34. The van der Waals surface area contributed by atoms with Gasteiger partial charge < -0.3 is 10.2 Å². The van der Waals surface area contributed by atoms with E-state index >= 15 is 0 Å². The summed E-state index contributed by atoms with van der Waals surface area (Å²) in [5, 5.41) is 3.13. The van der Waals surface area contributed by atoms with Crippen LogP contribution in [0.15, 0.2) is 0 Å². The SMILES string of the molecule is CN(C)C(=O)CN1CCN(CC(=O)NC2CCCC2)CC1. The fourth-order valence-corrected chi connectivity index (χ4v) is 2.98. The second kappa shape index (κ2) is 7.75. The van der Waals surface area contributed by atoms with Crippen LogP contribution in [0.25, 0.3) is 0 Å². The van der Waals surface area contributed by atoms with Gasteiger partial charge in [0, 0.05) is 46.3 Å². The van der Waals surface area contributed by atoms with E-state index in [2.05, 4.69) is 15.1 Å². The Balaban J connectivity index is 1.64. The van der Waals surface area contributed by atoms with Crippen LogP contribution in [0.2, 0.25) is 0 Å². The quantitative estimate of drug-likeness (QED) is 0.760. The van der Waals surface area contributed by atoms with Gasteiger partial charge in [-0.1, -0.05) is 12.8 Å². The highest BCUT2D eigenvalue weighted by Crippen LogP contribution is 2.17. The van der Waals surface area contributed by atoms with Crippen LogP contribution in [0.1, 0.15) is 25.7 Å². The Hall–Kier alpha value is -1.14. The van der Waals surface area contributed by atoms with Gasteiger partial charge in [0.05, 0.1) is 13.1 Å². The van der Waals surface area contributed by atoms with Crippen LogP contribution in [0.5, 0.6) is 0 Å². The smallest absolute Gasteiger partial charge is 0.236 e. The maximum absolute atomic E-state index is 12.0. The number of nitrogens with zero attached hydrogens (tertiary/aromatic N) is 3. The molecule has 0 aromatic rings. The molecule has 1 saturated heterocycles. The number of amides is 2. The molecule has 2 aliphatic rings. The molecule has 2 fully saturated rings. The van der Waals surface area contributed by atoms with Gasteiger partial charge >= 0.3 is 0 Å². The zero-order valence-electron chi connectivity index (χ0n) is 13.3. The Morgan fingerprint density at radius 1 is 1.00 bits per heavy atom. The average Bonchev–Trinajstić information content (AvgIpc) is 2.93. The van der Waals surface area contributed by atoms with Crippen LogP contribution in [0.3, 0.4) is 0 Å². The number of likely N-dealkylation sites (N-methyl/N-ethyl adjacent to an activating group) is 1. The Labute approximate surface area is 127 Å². The predicted molar refractivity (Wildman–Crippen MR) is 82.0 cm³/mol. The summed E-state index contributed by atoms with van der Waals surface area (Å²) in [5.74, 6) is 0.294. The lowest BCUT2D eigenvalue weighted by Crippen LogP contribution is -2.52. The van der Waals surface area contributed by atoms with E-state index in [1.54, 1.807) is 19.0 Å². The molecule has 0 spiro atoms. The first-order valence-corrected chi connectivity index (χ1v) is 7.99. The van der Waals surface area contributed by atoms with E-state index in [9.17, 15) is 9.59 Å². The van der Waals surface area contributed by atoms with E-state index in [4.69, 9.17) is 0 Å². The molecule has 1 saturated carbocycles. The van der Waals surface area contributed by atoms with Crippen molar-refractivity contribution >= 4 is 11.8 Å². The summed E-state index contributed by atoms with van der Waals surface area (Å²) in [7, 11) is 3.57. The fraction of sp³-hybridized carbons (Fsp3) is 0.867. The zero-order valence-corrected chi connectivity index (χ0v) is 13.3. The monoisotopic (exact) mass is 296 g/mol. The van der Waals surface area contributed by atoms with Gasteiger partial charge in [0.15, 0.2) is 0 Å². The van der Waals surface area contributed by atoms with E-state index in [1.165, 1.54) is 12.8 Å². The third-order valence-electron chi connectivity index (χ3n) is 4.41. The highest BCUT2D eigenvalue weighted by Gasteiger charge is 2.22. The molecule has 1 aliphatic carbocycles. The Morgan fingerprint density at radius 3 is 2.05 bits per heavy atom. The van der Waals surface area contributed by atoms with E-state index in [0.29, 0.717) is 19.1 Å². The maximum Gasteiger partial charge on any atom is 0.236 e. The summed E-state index contributed by atoms with van der Waals surface area (Å²) in [6.07, 6.45) is 4.74. The number of carbonyl (C=O) groups is 2. The summed E-state index contributed by atoms with van der Waals surface area (Å²) >= 11 is 0. The number of hydrogen-bond donors (Lipinski definition) is 1. The van der Waals surface area contributed by atoms with Gasteiger partial charge in [-0.05, 0) is 12.8 Å². The first-order chi connectivity index (χ1) is 10.0. The Morgan fingerprint density at radius 2 is 1.52 bits per heavy atom. The van der Waals surface area contributed by atoms with Gasteiger partial charge in [-0.2, -0.15) is 0 Å². The third kappa shape index (κ3) is 5.28. The summed E-state index contributed by atoms with van der Waals surface area (Å²) in [5.41, 5.74) is 0. The van der Waals surface area contributed by atoms with Crippen molar-refractivity contribution < 1.29 is 9.59 Å². The normalized spacial score (nSPS) is 21.4. The van der Waals surface area contributed by atoms with Gasteiger partial charge in [0.2, 0.25) is 11.8 Å². The van der Waals surface area contributed by atoms with Crippen LogP contribution in [-0.2, 0) is 9.59 Å². The molecule has 1 N–H and O–H groups in total. The number of nitrogens with one attached hydrogen (secondary N) is 1. The second-order valence-electron chi connectivity index (χ2n) is 6.39. The van der Waals surface area contributed by atoms with E-state index in [1.807, 2.05) is 0 Å². The highest BCUT2D eigenvalue weighted by atomic mass is 16.2. The summed E-state index contributed by atoms with van der Waals surface area (Å²) in [6.45, 7) is 4.41. The molecule has 1 aliphatic heterocycles. The number of hydrogen-bond acceptors (Lipinski definition) is 4. The highest BCUT2D eigenvalue weighted by molar-refractivity contribution is 5.78. The Kier molecular flexibility index (Phi) is 5.99. The molecular weight excluding hydrogens is 268 g/mol. The molecule has 1 heterocycles. The van der Waals surface area contributed by atoms with Crippen LogP contribution in [0.4, 0.5) is 0 Å². The molecule has 6 nitrogen and oxygen atoms in total. The van der Waals surface area contributed by atoms with E-state index in [0.717, 1.165) is 39.0 Å². The van der Waals surface area contributed by atoms with Crippen LogP contribution >= 0.6 is 0 Å². The predicted octanol–water partition coefficient (Wildman–Crippen LogP) is -0.249. The molecular formula is C15H28N4O2. The molecule has 2 rings (SSSR count). The van der Waals surface area contributed by atoms with E-state index < -0.39 is 0 Å². The topological polar surface area (TPSA) is 55.9 Å². The third-order valence-corrected chi connectivity index (χ3v) is 4.41. The minimum atomic E-state index is 0.141. The molecule has 21 heavy (non-hydrogen) atoms. The molecule has 0 bridgehead atoms. The first-order valence-electron chi connectivity index (χ1n) is 7.99. The van der Waals surface area contributed by atoms with Crippen molar-refractivity contribution in [1.29, 1.82) is 0 Å². The largest absolute Gasteiger partial charge is 0.352 e. The summed E-state index contributed by atoms with van der Waals surface area (Å²) < 4.78 is 0. The summed E-state index contributed by atoms with van der Waals surface area (Å²) in [4.78, 5) is 29.6. The molecule has 0 aromatic carbocycles. The van der Waals surface area contributed by atoms with Crippen molar-refractivity contribution in [2.45, 2.75) is 31.7 Å². The lowest BCUT2D eigenvalue weighted by atomic mass is 10.2. The first kappa shape index (κ1) is 16.2. The van der Waals surface area contributed by atoms with Gasteiger partial charge in [-0.15, -0.1) is 0 Å². The van der Waals surface area contributed by atoms with Crippen molar-refractivity contribution in [2.24, 2.45) is 0 Å². The fourth-order valence-electron chi connectivity index (χ4n) is 2.98. The van der Waals surface area contributed by atoms with Crippen LogP contribution < -0.4 is 5.32 Å². The van der Waals surface area contributed by atoms with Crippen LogP contribution in [-0.4, -0.2) is 85.9 Å². The van der Waals surface area contributed by atoms with Crippen molar-refractivity contribution in [3.8, 4) is 0 Å². The lowest BCUT2D eigenvalue weighted by molar-refractivity contribution is -0.131. The minimum absolute atomic E-state index is 0.141. The molecule has 0 aromatic heterocycles. The van der Waals surface area contributed by atoms with Gasteiger partial charge in [0.1, 0.15) is 0 Å². The molecule has 0 atom stereocenters. The van der Waals surface area contributed by atoms with Crippen molar-refractivity contribution in [2.75, 3.05) is 53.4 Å². The molecule has 120 valence electrons. The number of carbonyl (C=O) groups excluding carboxylic acids is 2. The van der Waals surface area contributed by atoms with Crippen molar-refractivity contribution in [3.05, 3.63) is 0 Å². The number of rotatable bonds is 5. The molecule has 0 radical (unpaired) electrons. The number of piperazine rings is 1. The molecule has 0 unspecified atom stereocenters. The van der Waals surface area contributed by atoms with Crippen molar-refractivity contribution in [3.63, 3.8) is 0 Å². The van der Waals surface area contributed by atoms with Crippen molar-refractivity contribution in [1.82, 2.24) is 20.0 Å². The van der Waals surface area contributed by atoms with Gasteiger partial charge in [-0.3, -0.25) is 19.4 Å². The minimum Gasteiger partial charge on any atom is -0.352 e. The molecule has 2 amide bonds.